The molecule has 5 heteroatoms. The van der Waals surface area contributed by atoms with Crippen LogP contribution >= 0.6 is 0 Å². The highest BCUT2D eigenvalue weighted by molar-refractivity contribution is 6.05. The molecule has 1 saturated heterocycles. The second kappa shape index (κ2) is 5.27. The normalized spacial score (nSPS) is 19.7. The smallest absolute Gasteiger partial charge is 0.246 e. The maximum Gasteiger partial charge on any atom is 0.246 e. The van der Waals surface area contributed by atoms with Gasteiger partial charge >= 0.3 is 0 Å². The number of amides is 2. The van der Waals surface area contributed by atoms with Crippen molar-refractivity contribution in [1.29, 1.82) is 0 Å². The zero-order chi connectivity index (χ0) is 13.1. The predicted molar refractivity (Wildman–Crippen MR) is 64.0 cm³/mol. The average molecular weight is 250 g/mol. The Bertz CT molecular complexity index is 476. The van der Waals surface area contributed by atoms with E-state index in [2.05, 4.69) is 5.32 Å². The van der Waals surface area contributed by atoms with Crippen LogP contribution in [0.5, 0.6) is 0 Å². The van der Waals surface area contributed by atoms with Crippen molar-refractivity contribution in [2.45, 2.75) is 25.9 Å². The van der Waals surface area contributed by atoms with Crippen molar-refractivity contribution in [3.63, 3.8) is 0 Å². The standard InChI is InChI=1S/C13H15FN2O2/c1-2-16-12(17)7-11(13(16)18)15-8-9-4-3-5-10(14)6-9/h3-6,11,15H,2,7-8H2,1H3. The van der Waals surface area contributed by atoms with Gasteiger partial charge in [-0.05, 0) is 24.6 Å². The zero-order valence-corrected chi connectivity index (χ0v) is 10.1. The molecule has 0 saturated carbocycles. The molecule has 0 spiro atoms. The Morgan fingerprint density at radius 3 is 2.83 bits per heavy atom. The molecule has 2 amide bonds. The quantitative estimate of drug-likeness (QED) is 0.813. The number of hydrogen-bond acceptors (Lipinski definition) is 3. The minimum Gasteiger partial charge on any atom is -0.301 e. The summed E-state index contributed by atoms with van der Waals surface area (Å²) in [6.07, 6.45) is 0.183. The molecule has 1 N–H and O–H groups in total. The summed E-state index contributed by atoms with van der Waals surface area (Å²) < 4.78 is 13.0. The third kappa shape index (κ3) is 2.56. The van der Waals surface area contributed by atoms with Crippen molar-refractivity contribution in [3.8, 4) is 0 Å². The van der Waals surface area contributed by atoms with E-state index in [0.29, 0.717) is 13.1 Å². The fourth-order valence-electron chi connectivity index (χ4n) is 2.06. The van der Waals surface area contributed by atoms with Crippen LogP contribution in [0.25, 0.3) is 0 Å². The lowest BCUT2D eigenvalue weighted by Gasteiger charge is -2.13. The van der Waals surface area contributed by atoms with Gasteiger partial charge in [-0.25, -0.2) is 4.39 Å². The van der Waals surface area contributed by atoms with E-state index < -0.39 is 6.04 Å². The van der Waals surface area contributed by atoms with Crippen molar-refractivity contribution in [3.05, 3.63) is 35.6 Å². The van der Waals surface area contributed by atoms with Crippen LogP contribution in [0.3, 0.4) is 0 Å². The van der Waals surface area contributed by atoms with Gasteiger partial charge in [0.25, 0.3) is 0 Å². The lowest BCUT2D eigenvalue weighted by Crippen LogP contribution is -2.38. The maximum absolute atomic E-state index is 13.0. The van der Waals surface area contributed by atoms with Crippen LogP contribution in [-0.2, 0) is 16.1 Å². The van der Waals surface area contributed by atoms with Crippen LogP contribution in [-0.4, -0.2) is 29.3 Å². The van der Waals surface area contributed by atoms with E-state index in [1.165, 1.54) is 17.0 Å². The molecule has 1 unspecified atom stereocenters. The molecule has 1 aromatic rings. The molecule has 1 atom stereocenters. The molecule has 0 aliphatic carbocycles. The van der Waals surface area contributed by atoms with Gasteiger partial charge in [-0.15, -0.1) is 0 Å². The number of benzene rings is 1. The van der Waals surface area contributed by atoms with E-state index >= 15 is 0 Å². The second-order valence-corrected chi connectivity index (χ2v) is 4.24. The monoisotopic (exact) mass is 250 g/mol. The van der Waals surface area contributed by atoms with Crippen LogP contribution in [0.1, 0.15) is 18.9 Å². The fraction of sp³-hybridized carbons (Fsp3) is 0.385. The minimum absolute atomic E-state index is 0.153. The summed E-state index contributed by atoms with van der Waals surface area (Å²) in [4.78, 5) is 24.5. The van der Waals surface area contributed by atoms with Gasteiger partial charge in [-0.3, -0.25) is 14.5 Å². The number of imide groups is 1. The molecule has 2 rings (SSSR count). The summed E-state index contributed by atoms with van der Waals surface area (Å²) in [5.74, 6) is -0.656. The lowest BCUT2D eigenvalue weighted by atomic mass is 10.2. The number of likely N-dealkylation sites (N-methyl/N-ethyl adjacent to an activating group) is 1. The van der Waals surface area contributed by atoms with Crippen molar-refractivity contribution < 1.29 is 14.0 Å². The first-order valence-electron chi connectivity index (χ1n) is 5.94. The van der Waals surface area contributed by atoms with Gasteiger partial charge in [0.15, 0.2) is 0 Å². The molecule has 1 fully saturated rings. The van der Waals surface area contributed by atoms with E-state index in [4.69, 9.17) is 0 Å². The first kappa shape index (κ1) is 12.7. The molecule has 0 radical (unpaired) electrons. The van der Waals surface area contributed by atoms with Gasteiger partial charge in [0.2, 0.25) is 11.8 Å². The summed E-state index contributed by atoms with van der Waals surface area (Å²) in [7, 11) is 0. The summed E-state index contributed by atoms with van der Waals surface area (Å²) in [6, 6.07) is 5.68. The largest absolute Gasteiger partial charge is 0.301 e. The number of halogens is 1. The number of carbonyl (C=O) groups excluding carboxylic acids is 2. The van der Waals surface area contributed by atoms with Crippen molar-refractivity contribution in [2.75, 3.05) is 6.54 Å². The molecule has 0 aromatic heterocycles. The predicted octanol–water partition coefficient (Wildman–Crippen LogP) is 1.06. The Labute approximate surface area is 105 Å². The molecular formula is C13H15FN2O2. The molecule has 1 aromatic carbocycles. The zero-order valence-electron chi connectivity index (χ0n) is 10.1. The molecule has 1 heterocycles. The van der Waals surface area contributed by atoms with Crippen molar-refractivity contribution >= 4 is 11.8 Å². The molecule has 1 aliphatic rings. The number of hydrogen-bond donors (Lipinski definition) is 1. The Morgan fingerprint density at radius 1 is 1.44 bits per heavy atom. The van der Waals surface area contributed by atoms with E-state index in [-0.39, 0.29) is 24.1 Å². The Kier molecular flexibility index (Phi) is 3.72. The van der Waals surface area contributed by atoms with Gasteiger partial charge in [0, 0.05) is 13.1 Å². The minimum atomic E-state index is -0.485. The van der Waals surface area contributed by atoms with E-state index in [1.54, 1.807) is 19.1 Å². The molecule has 1 aliphatic heterocycles. The van der Waals surface area contributed by atoms with Crippen LogP contribution in [0.2, 0.25) is 0 Å². The number of rotatable bonds is 4. The average Bonchev–Trinajstić information content (AvgIpc) is 2.61. The summed E-state index contributed by atoms with van der Waals surface area (Å²) in [5, 5.41) is 2.99. The van der Waals surface area contributed by atoms with Crippen LogP contribution in [0.15, 0.2) is 24.3 Å². The van der Waals surface area contributed by atoms with Crippen LogP contribution in [0, 0.1) is 5.82 Å². The van der Waals surface area contributed by atoms with Gasteiger partial charge in [0.05, 0.1) is 12.5 Å². The van der Waals surface area contributed by atoms with Gasteiger partial charge in [-0.2, -0.15) is 0 Å². The van der Waals surface area contributed by atoms with Crippen molar-refractivity contribution in [2.24, 2.45) is 0 Å². The Morgan fingerprint density at radius 2 is 2.22 bits per heavy atom. The van der Waals surface area contributed by atoms with Gasteiger partial charge < -0.3 is 5.32 Å². The summed E-state index contributed by atoms with van der Waals surface area (Å²) in [5.41, 5.74) is 0.755. The molecule has 4 nitrogen and oxygen atoms in total. The van der Waals surface area contributed by atoms with Crippen LogP contribution in [0.4, 0.5) is 4.39 Å². The third-order valence-electron chi connectivity index (χ3n) is 3.00. The highest BCUT2D eigenvalue weighted by Crippen LogP contribution is 2.13. The Hall–Kier alpha value is -1.75. The number of carbonyl (C=O) groups is 2. The highest BCUT2D eigenvalue weighted by atomic mass is 19.1. The molecule has 0 bridgehead atoms. The second-order valence-electron chi connectivity index (χ2n) is 4.24. The van der Waals surface area contributed by atoms with Gasteiger partial charge in [-0.1, -0.05) is 12.1 Å². The van der Waals surface area contributed by atoms with Crippen molar-refractivity contribution in [1.82, 2.24) is 10.2 Å². The van der Waals surface area contributed by atoms with Gasteiger partial charge in [0.1, 0.15) is 5.82 Å². The van der Waals surface area contributed by atoms with E-state index in [1.807, 2.05) is 0 Å². The summed E-state index contributed by atoms with van der Waals surface area (Å²) in [6.45, 7) is 2.54. The first-order chi connectivity index (χ1) is 8.61. The fourth-order valence-corrected chi connectivity index (χ4v) is 2.06. The summed E-state index contributed by atoms with van der Waals surface area (Å²) >= 11 is 0. The highest BCUT2D eigenvalue weighted by Gasteiger charge is 2.36. The van der Waals surface area contributed by atoms with E-state index in [0.717, 1.165) is 5.56 Å². The number of likely N-dealkylation sites (tertiary alicyclic amines) is 1. The molecule has 96 valence electrons. The topological polar surface area (TPSA) is 49.4 Å². The molecular weight excluding hydrogens is 235 g/mol. The third-order valence-corrected chi connectivity index (χ3v) is 3.00. The lowest BCUT2D eigenvalue weighted by molar-refractivity contribution is -0.138. The van der Waals surface area contributed by atoms with E-state index in [9.17, 15) is 14.0 Å². The Balaban J connectivity index is 1.95. The number of nitrogens with zero attached hydrogens (tertiary/aromatic N) is 1. The maximum atomic E-state index is 13.0. The SMILES string of the molecule is CCN1C(=O)CC(NCc2cccc(F)c2)C1=O. The first-order valence-corrected chi connectivity index (χ1v) is 5.94. The molecule has 18 heavy (non-hydrogen) atoms. The van der Waals surface area contributed by atoms with Crippen LogP contribution < -0.4 is 5.32 Å². The number of nitrogens with one attached hydrogen (secondary N) is 1.